The molecule has 3 heterocycles. The molecule has 29 heavy (non-hydrogen) atoms. The van der Waals surface area contributed by atoms with E-state index in [1.54, 1.807) is 25.5 Å². The summed E-state index contributed by atoms with van der Waals surface area (Å²) in [4.78, 5) is 16.8. The van der Waals surface area contributed by atoms with Crippen LogP contribution in [0.4, 0.5) is 13.2 Å². The normalized spacial score (nSPS) is 12.6. The predicted octanol–water partition coefficient (Wildman–Crippen LogP) is 3.50. The second kappa shape index (κ2) is 7.16. The molecule has 3 aromatic rings. The number of aromatic nitrogens is 5. The van der Waals surface area contributed by atoms with Crippen molar-refractivity contribution >= 4 is 11.6 Å². The quantitative estimate of drug-likeness (QED) is 0.717. The monoisotopic (exact) mass is 408 g/mol. The van der Waals surface area contributed by atoms with Gasteiger partial charge in [0.05, 0.1) is 11.4 Å². The number of nitrogens with zero attached hydrogens (tertiary/aromatic N) is 5. The SMILES string of the molecule is CCn1cc(CNC(=O)c2cc3nc(C(C)(C)C)cc(C(F)(F)F)n3n2)c(C)n1. The van der Waals surface area contributed by atoms with Gasteiger partial charge in [-0.25, -0.2) is 9.50 Å². The first kappa shape index (κ1) is 20.8. The third kappa shape index (κ3) is 4.25. The molecule has 0 unspecified atom stereocenters. The summed E-state index contributed by atoms with van der Waals surface area (Å²) < 4.78 is 43.1. The molecule has 0 fully saturated rings. The number of nitrogens with one attached hydrogen (secondary N) is 1. The topological polar surface area (TPSA) is 77.1 Å². The number of hydrogen-bond donors (Lipinski definition) is 1. The van der Waals surface area contributed by atoms with Crippen molar-refractivity contribution in [3.8, 4) is 0 Å². The third-order valence-corrected chi connectivity index (χ3v) is 4.53. The van der Waals surface area contributed by atoms with Gasteiger partial charge in [-0.15, -0.1) is 0 Å². The molecule has 0 aliphatic heterocycles. The zero-order valence-electron chi connectivity index (χ0n) is 16.9. The van der Waals surface area contributed by atoms with Crippen LogP contribution in [-0.2, 0) is 24.7 Å². The molecule has 1 N–H and O–H groups in total. The highest BCUT2D eigenvalue weighted by Crippen LogP contribution is 2.32. The summed E-state index contributed by atoms with van der Waals surface area (Å²) in [5.41, 5.74) is 0.162. The van der Waals surface area contributed by atoms with Crippen LogP contribution in [0.1, 0.15) is 60.8 Å². The Morgan fingerprint density at radius 3 is 2.41 bits per heavy atom. The zero-order chi connectivity index (χ0) is 21.6. The fraction of sp³-hybridized carbons (Fsp3) is 0.474. The number of alkyl halides is 3. The summed E-state index contributed by atoms with van der Waals surface area (Å²) in [6, 6.07) is 2.24. The molecule has 0 atom stereocenters. The Balaban J connectivity index is 1.93. The molecule has 10 heteroatoms. The van der Waals surface area contributed by atoms with E-state index in [0.717, 1.165) is 17.3 Å². The van der Waals surface area contributed by atoms with Crippen molar-refractivity contribution in [3.05, 3.63) is 46.7 Å². The van der Waals surface area contributed by atoms with Crippen LogP contribution in [0.5, 0.6) is 0 Å². The van der Waals surface area contributed by atoms with Gasteiger partial charge < -0.3 is 5.32 Å². The van der Waals surface area contributed by atoms with Gasteiger partial charge in [0.1, 0.15) is 5.69 Å². The minimum atomic E-state index is -4.63. The summed E-state index contributed by atoms with van der Waals surface area (Å²) >= 11 is 0. The van der Waals surface area contributed by atoms with Crippen LogP contribution < -0.4 is 5.32 Å². The smallest absolute Gasteiger partial charge is 0.346 e. The summed E-state index contributed by atoms with van der Waals surface area (Å²) in [7, 11) is 0. The van der Waals surface area contributed by atoms with Crippen molar-refractivity contribution in [2.75, 3.05) is 0 Å². The van der Waals surface area contributed by atoms with E-state index in [4.69, 9.17) is 0 Å². The number of rotatable bonds is 4. The molecule has 7 nitrogen and oxygen atoms in total. The van der Waals surface area contributed by atoms with Gasteiger partial charge in [-0.3, -0.25) is 9.48 Å². The number of hydrogen-bond acceptors (Lipinski definition) is 4. The lowest BCUT2D eigenvalue weighted by Crippen LogP contribution is -2.24. The highest BCUT2D eigenvalue weighted by atomic mass is 19.4. The minimum absolute atomic E-state index is 0.0233. The van der Waals surface area contributed by atoms with Gasteiger partial charge in [0.25, 0.3) is 5.91 Å². The lowest BCUT2D eigenvalue weighted by molar-refractivity contribution is -0.142. The van der Waals surface area contributed by atoms with Gasteiger partial charge in [-0.2, -0.15) is 23.4 Å². The Labute approximate surface area is 165 Å². The summed E-state index contributed by atoms with van der Waals surface area (Å²) in [5, 5.41) is 10.8. The van der Waals surface area contributed by atoms with Crippen molar-refractivity contribution < 1.29 is 18.0 Å². The molecule has 156 valence electrons. The second-order valence-corrected chi connectivity index (χ2v) is 7.85. The Hall–Kier alpha value is -2.91. The molecule has 3 aromatic heterocycles. The van der Waals surface area contributed by atoms with E-state index in [1.165, 1.54) is 6.07 Å². The van der Waals surface area contributed by atoms with Crippen LogP contribution >= 0.6 is 0 Å². The maximum Gasteiger partial charge on any atom is 0.433 e. The highest BCUT2D eigenvalue weighted by molar-refractivity contribution is 5.93. The van der Waals surface area contributed by atoms with E-state index in [2.05, 4.69) is 20.5 Å². The second-order valence-electron chi connectivity index (χ2n) is 7.85. The van der Waals surface area contributed by atoms with E-state index in [9.17, 15) is 18.0 Å². The van der Waals surface area contributed by atoms with Crippen LogP contribution in [0.25, 0.3) is 5.65 Å². The molecular formula is C19H23F3N6O. The van der Waals surface area contributed by atoms with E-state index in [0.29, 0.717) is 11.1 Å². The number of halogens is 3. The zero-order valence-corrected chi connectivity index (χ0v) is 16.9. The van der Waals surface area contributed by atoms with Gasteiger partial charge in [-0.05, 0) is 19.9 Å². The molecule has 1 amide bonds. The lowest BCUT2D eigenvalue weighted by atomic mass is 9.91. The summed E-state index contributed by atoms with van der Waals surface area (Å²) in [5.74, 6) is -0.579. The van der Waals surface area contributed by atoms with Gasteiger partial charge in [0.15, 0.2) is 11.3 Å². The maximum atomic E-state index is 13.5. The Kier molecular flexibility index (Phi) is 5.14. The first-order valence-corrected chi connectivity index (χ1v) is 9.19. The van der Waals surface area contributed by atoms with Gasteiger partial charge in [-0.1, -0.05) is 20.8 Å². The molecular weight excluding hydrogens is 385 g/mol. The number of carbonyl (C=O) groups is 1. The molecule has 0 aliphatic rings. The standard InChI is InChI=1S/C19H23F3N6O/c1-6-27-10-12(11(2)25-27)9-23-17(29)13-7-16-24-14(18(3,4)5)8-15(19(20,21)22)28(16)26-13/h7-8,10H,6,9H2,1-5H3,(H,23,29). The van der Waals surface area contributed by atoms with Crippen LogP contribution in [0, 0.1) is 6.92 Å². The van der Waals surface area contributed by atoms with Crippen molar-refractivity contribution in [3.63, 3.8) is 0 Å². The average molecular weight is 408 g/mol. The number of amides is 1. The van der Waals surface area contributed by atoms with E-state index < -0.39 is 23.2 Å². The fourth-order valence-corrected chi connectivity index (χ4v) is 2.83. The van der Waals surface area contributed by atoms with Crippen molar-refractivity contribution in [1.82, 2.24) is 29.7 Å². The van der Waals surface area contributed by atoms with Crippen LogP contribution in [0.3, 0.4) is 0 Å². The van der Waals surface area contributed by atoms with Crippen LogP contribution in [0.15, 0.2) is 18.3 Å². The highest BCUT2D eigenvalue weighted by Gasteiger charge is 2.36. The third-order valence-electron chi connectivity index (χ3n) is 4.53. The molecule has 0 aromatic carbocycles. The number of carbonyl (C=O) groups excluding carboxylic acids is 1. The number of aryl methyl sites for hydroxylation is 2. The average Bonchev–Trinajstić information content (AvgIpc) is 3.20. The van der Waals surface area contributed by atoms with E-state index in [1.807, 2.05) is 20.0 Å². The first-order valence-electron chi connectivity index (χ1n) is 9.19. The van der Waals surface area contributed by atoms with E-state index >= 15 is 0 Å². The van der Waals surface area contributed by atoms with E-state index in [-0.39, 0.29) is 23.6 Å². The van der Waals surface area contributed by atoms with Gasteiger partial charge in [0.2, 0.25) is 0 Å². The Morgan fingerprint density at radius 2 is 1.86 bits per heavy atom. The number of fused-ring (bicyclic) bond motifs is 1. The molecule has 0 saturated heterocycles. The van der Waals surface area contributed by atoms with Gasteiger partial charge in [0, 0.05) is 36.3 Å². The lowest BCUT2D eigenvalue weighted by Gasteiger charge is -2.19. The Morgan fingerprint density at radius 1 is 1.17 bits per heavy atom. The van der Waals surface area contributed by atoms with Crippen molar-refractivity contribution in [2.45, 2.75) is 59.3 Å². The van der Waals surface area contributed by atoms with Gasteiger partial charge >= 0.3 is 6.18 Å². The van der Waals surface area contributed by atoms with Crippen LogP contribution in [-0.4, -0.2) is 30.3 Å². The van der Waals surface area contributed by atoms with Crippen LogP contribution in [0.2, 0.25) is 0 Å². The molecule has 0 spiro atoms. The first-order chi connectivity index (χ1) is 13.4. The van der Waals surface area contributed by atoms with Crippen molar-refractivity contribution in [1.29, 1.82) is 0 Å². The largest absolute Gasteiger partial charge is 0.433 e. The summed E-state index contributed by atoms with van der Waals surface area (Å²) in [6.07, 6.45) is -2.81. The summed E-state index contributed by atoms with van der Waals surface area (Å²) in [6.45, 7) is 9.99. The molecule has 0 radical (unpaired) electrons. The molecule has 0 saturated carbocycles. The maximum absolute atomic E-state index is 13.5. The fourth-order valence-electron chi connectivity index (χ4n) is 2.83. The molecule has 0 aliphatic carbocycles. The molecule has 0 bridgehead atoms. The minimum Gasteiger partial charge on any atom is -0.346 e. The Bertz CT molecular complexity index is 1060. The predicted molar refractivity (Wildman–Crippen MR) is 100 cm³/mol. The van der Waals surface area contributed by atoms with Crippen molar-refractivity contribution in [2.24, 2.45) is 0 Å². The molecule has 3 rings (SSSR count).